The zero-order valence-corrected chi connectivity index (χ0v) is 12.5. The molecule has 0 saturated carbocycles. The highest BCUT2D eigenvalue weighted by molar-refractivity contribution is 7.70. The van der Waals surface area contributed by atoms with E-state index in [1.54, 1.807) is 25.3 Å². The highest BCUT2D eigenvalue weighted by Gasteiger charge is 2.18. The highest BCUT2D eigenvalue weighted by Crippen LogP contribution is 2.37. The number of carbonyl (C=O) groups is 1. The Bertz CT molecular complexity index is 480. The number of nitrogens with one attached hydrogen (secondary N) is 1. The number of nitrogens with zero attached hydrogens (tertiary/aromatic N) is 1. The second-order valence-electron chi connectivity index (χ2n) is 4.91. The van der Waals surface area contributed by atoms with Crippen molar-refractivity contribution in [1.29, 1.82) is 0 Å². The van der Waals surface area contributed by atoms with Crippen LogP contribution in [-0.2, 0) is 9.36 Å². The number of anilines is 2. The second-order valence-corrected chi connectivity index (χ2v) is 8.13. The Morgan fingerprint density at radius 3 is 2.33 bits per heavy atom. The molecule has 0 saturated heterocycles. The normalized spacial score (nSPS) is 11.4. The molecule has 100 valence electrons. The van der Waals surface area contributed by atoms with Gasteiger partial charge < -0.3 is 14.8 Å². The first-order valence-corrected chi connectivity index (χ1v) is 8.52. The van der Waals surface area contributed by atoms with Crippen molar-refractivity contribution in [1.82, 2.24) is 0 Å². The Kier molecular flexibility index (Phi) is 4.58. The summed E-state index contributed by atoms with van der Waals surface area (Å²) in [6.07, 6.45) is 0.806. The zero-order valence-electron chi connectivity index (χ0n) is 11.6. The molecule has 1 aromatic carbocycles. The molecule has 0 aliphatic carbocycles. The van der Waals surface area contributed by atoms with Gasteiger partial charge in [-0.25, -0.2) is 0 Å². The van der Waals surface area contributed by atoms with Gasteiger partial charge in [0.25, 0.3) is 0 Å². The highest BCUT2D eigenvalue weighted by atomic mass is 31.2. The molecule has 5 heteroatoms. The van der Waals surface area contributed by atoms with E-state index >= 15 is 0 Å². The van der Waals surface area contributed by atoms with E-state index in [9.17, 15) is 9.36 Å². The van der Waals surface area contributed by atoms with E-state index in [2.05, 4.69) is 5.32 Å². The molecule has 0 spiro atoms. The largest absolute Gasteiger partial charge is 0.386 e. The van der Waals surface area contributed by atoms with Gasteiger partial charge in [0.15, 0.2) is 0 Å². The summed E-state index contributed by atoms with van der Waals surface area (Å²) >= 11 is 0. The third-order valence-corrected chi connectivity index (χ3v) is 4.34. The van der Waals surface area contributed by atoms with E-state index < -0.39 is 7.14 Å². The predicted molar refractivity (Wildman–Crippen MR) is 78.8 cm³/mol. The molecule has 0 heterocycles. The molecule has 0 aliphatic rings. The molecular formula is C13H21N2O2P. The van der Waals surface area contributed by atoms with Crippen LogP contribution < -0.4 is 15.5 Å². The number of hydrogen-bond acceptors (Lipinski definition) is 3. The Morgan fingerprint density at radius 2 is 1.94 bits per heavy atom. The van der Waals surface area contributed by atoms with Crippen molar-refractivity contribution in [2.45, 2.75) is 19.9 Å². The lowest BCUT2D eigenvalue weighted by atomic mass is 10.2. The molecule has 0 fully saturated rings. The predicted octanol–water partition coefficient (Wildman–Crippen LogP) is 2.35. The summed E-state index contributed by atoms with van der Waals surface area (Å²) in [7, 11) is -0.521. The summed E-state index contributed by atoms with van der Waals surface area (Å²) in [5.74, 6) is 0. The molecule has 18 heavy (non-hydrogen) atoms. The van der Waals surface area contributed by atoms with Crippen molar-refractivity contribution in [3.05, 3.63) is 18.2 Å². The maximum absolute atomic E-state index is 12.1. The van der Waals surface area contributed by atoms with Crippen LogP contribution in [0.4, 0.5) is 11.4 Å². The van der Waals surface area contributed by atoms with Crippen LogP contribution in [0.1, 0.15) is 13.8 Å². The van der Waals surface area contributed by atoms with Crippen molar-refractivity contribution >= 4 is 30.2 Å². The fourth-order valence-corrected chi connectivity index (χ4v) is 2.60. The van der Waals surface area contributed by atoms with Crippen LogP contribution in [0.2, 0.25) is 0 Å². The van der Waals surface area contributed by atoms with Crippen LogP contribution in [0.25, 0.3) is 0 Å². The molecular weight excluding hydrogens is 247 g/mol. The average molecular weight is 268 g/mol. The molecule has 1 aromatic rings. The summed E-state index contributed by atoms with van der Waals surface area (Å²) in [6.45, 7) is 7.34. The molecule has 1 rings (SSSR count). The SMILES string of the molecule is CNc1ccc(P(C)(C)=O)cc1N(C=O)C(C)C. The molecule has 0 aromatic heterocycles. The summed E-state index contributed by atoms with van der Waals surface area (Å²) in [6, 6.07) is 5.60. The smallest absolute Gasteiger partial charge is 0.214 e. The van der Waals surface area contributed by atoms with E-state index in [0.29, 0.717) is 0 Å². The van der Waals surface area contributed by atoms with Crippen molar-refractivity contribution in [2.75, 3.05) is 30.6 Å². The fourth-order valence-electron chi connectivity index (χ4n) is 1.74. The fraction of sp³-hybridized carbons (Fsp3) is 0.462. The van der Waals surface area contributed by atoms with Gasteiger partial charge in [-0.15, -0.1) is 0 Å². The number of rotatable bonds is 5. The quantitative estimate of drug-likeness (QED) is 0.658. The minimum Gasteiger partial charge on any atom is -0.386 e. The van der Waals surface area contributed by atoms with Gasteiger partial charge in [-0.1, -0.05) is 0 Å². The van der Waals surface area contributed by atoms with Gasteiger partial charge in [-0.2, -0.15) is 0 Å². The standard InChI is InChI=1S/C13H21N2O2P/c1-10(2)15(9-16)13-8-11(18(4,5)17)6-7-12(13)14-3/h6-10,14H,1-5H3. The van der Waals surface area contributed by atoms with Gasteiger partial charge >= 0.3 is 0 Å². The van der Waals surface area contributed by atoms with Gasteiger partial charge in [0, 0.05) is 18.4 Å². The Morgan fingerprint density at radius 1 is 1.33 bits per heavy atom. The van der Waals surface area contributed by atoms with Gasteiger partial charge in [0.05, 0.1) is 11.4 Å². The molecule has 0 aliphatic heterocycles. The first-order valence-electron chi connectivity index (χ1n) is 5.92. The van der Waals surface area contributed by atoms with Crippen LogP contribution in [0.3, 0.4) is 0 Å². The van der Waals surface area contributed by atoms with E-state index in [1.807, 2.05) is 32.0 Å². The molecule has 0 atom stereocenters. The van der Waals surface area contributed by atoms with Gasteiger partial charge in [0.2, 0.25) is 6.41 Å². The monoisotopic (exact) mass is 268 g/mol. The number of carbonyl (C=O) groups excluding carboxylic acids is 1. The molecule has 0 radical (unpaired) electrons. The number of amides is 1. The van der Waals surface area contributed by atoms with Gasteiger partial charge in [-0.3, -0.25) is 4.79 Å². The lowest BCUT2D eigenvalue weighted by Gasteiger charge is -2.25. The molecule has 4 nitrogen and oxygen atoms in total. The summed E-state index contributed by atoms with van der Waals surface area (Å²) in [5, 5.41) is 3.84. The van der Waals surface area contributed by atoms with Gasteiger partial charge in [0.1, 0.15) is 7.14 Å². The maximum Gasteiger partial charge on any atom is 0.214 e. The Balaban J connectivity index is 3.38. The van der Waals surface area contributed by atoms with Crippen molar-refractivity contribution in [2.24, 2.45) is 0 Å². The maximum atomic E-state index is 12.1. The molecule has 0 bridgehead atoms. The van der Waals surface area contributed by atoms with E-state index in [4.69, 9.17) is 0 Å². The first-order chi connectivity index (χ1) is 8.31. The van der Waals surface area contributed by atoms with Crippen LogP contribution in [0.5, 0.6) is 0 Å². The molecule has 1 amide bonds. The summed E-state index contributed by atoms with van der Waals surface area (Å²) in [5.41, 5.74) is 1.62. The van der Waals surface area contributed by atoms with Gasteiger partial charge in [-0.05, 0) is 45.4 Å². The molecule has 1 N–H and O–H groups in total. The molecule has 0 unspecified atom stereocenters. The van der Waals surface area contributed by atoms with Crippen molar-refractivity contribution in [3.8, 4) is 0 Å². The summed E-state index contributed by atoms with van der Waals surface area (Å²) < 4.78 is 12.1. The van der Waals surface area contributed by atoms with Crippen LogP contribution in [0, 0.1) is 0 Å². The Labute approximate surface area is 109 Å². The van der Waals surface area contributed by atoms with E-state index in [1.165, 1.54) is 0 Å². The number of hydrogen-bond donors (Lipinski definition) is 1. The van der Waals surface area contributed by atoms with Crippen LogP contribution in [-0.4, -0.2) is 32.8 Å². The third-order valence-electron chi connectivity index (χ3n) is 2.82. The lowest BCUT2D eigenvalue weighted by molar-refractivity contribution is -0.107. The third kappa shape index (κ3) is 3.14. The minimum atomic E-state index is -2.33. The van der Waals surface area contributed by atoms with Crippen molar-refractivity contribution < 1.29 is 9.36 Å². The van der Waals surface area contributed by atoms with E-state index in [-0.39, 0.29) is 6.04 Å². The van der Waals surface area contributed by atoms with Crippen LogP contribution >= 0.6 is 7.14 Å². The van der Waals surface area contributed by atoms with Crippen LogP contribution in [0.15, 0.2) is 18.2 Å². The average Bonchev–Trinajstić information content (AvgIpc) is 2.28. The Hall–Kier alpha value is -1.28. The zero-order chi connectivity index (χ0) is 13.9. The van der Waals surface area contributed by atoms with E-state index in [0.717, 1.165) is 23.1 Å². The topological polar surface area (TPSA) is 49.4 Å². The summed E-state index contributed by atoms with van der Waals surface area (Å²) in [4.78, 5) is 12.8. The lowest BCUT2D eigenvalue weighted by Crippen LogP contribution is -2.30. The second kappa shape index (κ2) is 5.57. The minimum absolute atomic E-state index is 0.0537. The number of benzene rings is 1. The first kappa shape index (κ1) is 14.8. The van der Waals surface area contributed by atoms with Crippen molar-refractivity contribution in [3.63, 3.8) is 0 Å².